The number of furan rings is 1. The maximum Gasteiger partial charge on any atom is 0.144 e. The number of rotatable bonds is 3. The highest BCUT2D eigenvalue weighted by molar-refractivity contribution is 5.59. The second-order valence-corrected chi connectivity index (χ2v) is 2.99. The molecule has 1 rings (SSSR count). The van der Waals surface area contributed by atoms with E-state index in [0.717, 1.165) is 12.0 Å². The van der Waals surface area contributed by atoms with Crippen LogP contribution in [-0.2, 0) is 4.79 Å². The number of likely N-dealkylation sites (N-methyl/N-ethyl adjacent to an activating group) is 1. The lowest BCUT2D eigenvalue weighted by Crippen LogP contribution is -2.20. The van der Waals surface area contributed by atoms with Crippen molar-refractivity contribution < 1.29 is 9.21 Å². The van der Waals surface area contributed by atoms with Crippen LogP contribution in [0.1, 0.15) is 17.6 Å². The van der Waals surface area contributed by atoms with Crippen LogP contribution in [0.2, 0.25) is 0 Å². The van der Waals surface area contributed by atoms with Crippen molar-refractivity contribution in [2.24, 2.45) is 0 Å². The van der Waals surface area contributed by atoms with E-state index in [-0.39, 0.29) is 6.04 Å². The van der Waals surface area contributed by atoms with Crippen LogP contribution in [0.15, 0.2) is 16.5 Å². The van der Waals surface area contributed by atoms with Gasteiger partial charge >= 0.3 is 0 Å². The average Bonchev–Trinajstić information content (AvgIpc) is 2.37. The van der Waals surface area contributed by atoms with Crippen LogP contribution >= 0.6 is 0 Å². The number of carbonyl (C=O) groups excluding carboxylic acids is 1. The molecule has 12 heavy (non-hydrogen) atoms. The molecule has 0 aromatic carbocycles. The van der Waals surface area contributed by atoms with Gasteiger partial charge in [-0.25, -0.2) is 0 Å². The summed E-state index contributed by atoms with van der Waals surface area (Å²) in [6, 6.07) is 3.42. The number of nitrogens with zero attached hydrogens (tertiary/aromatic N) is 1. The average molecular weight is 167 g/mol. The molecule has 0 saturated carbocycles. The molecule has 3 heteroatoms. The van der Waals surface area contributed by atoms with Gasteiger partial charge in [-0.05, 0) is 33.2 Å². The summed E-state index contributed by atoms with van der Waals surface area (Å²) in [6.07, 6.45) is 0.873. The fourth-order valence-electron chi connectivity index (χ4n) is 1.06. The Hall–Kier alpha value is -1.09. The van der Waals surface area contributed by atoms with Crippen molar-refractivity contribution in [2.75, 3.05) is 14.1 Å². The Morgan fingerprint density at radius 2 is 2.17 bits per heavy atom. The molecule has 0 fully saturated rings. The minimum atomic E-state index is -0.265. The monoisotopic (exact) mass is 167 g/mol. The summed E-state index contributed by atoms with van der Waals surface area (Å²) in [7, 11) is 3.69. The third-order valence-corrected chi connectivity index (χ3v) is 1.74. The van der Waals surface area contributed by atoms with Gasteiger partial charge in [0, 0.05) is 0 Å². The molecule has 0 aliphatic carbocycles. The van der Waals surface area contributed by atoms with Crippen LogP contribution in [0.5, 0.6) is 0 Å². The molecule has 1 unspecified atom stereocenters. The number of hydrogen-bond acceptors (Lipinski definition) is 3. The summed E-state index contributed by atoms with van der Waals surface area (Å²) in [5.41, 5.74) is 0. The lowest BCUT2D eigenvalue weighted by atomic mass is 10.2. The molecular formula is C9H13NO2. The third kappa shape index (κ3) is 1.74. The Morgan fingerprint density at radius 1 is 1.50 bits per heavy atom. The predicted octanol–water partition coefficient (Wildman–Crippen LogP) is 1.39. The Morgan fingerprint density at radius 3 is 2.50 bits per heavy atom. The van der Waals surface area contributed by atoms with Gasteiger partial charge in [-0.2, -0.15) is 0 Å². The predicted molar refractivity (Wildman–Crippen MR) is 45.9 cm³/mol. The van der Waals surface area contributed by atoms with Gasteiger partial charge in [0.05, 0.1) is 0 Å². The Balaban J connectivity index is 2.87. The lowest BCUT2D eigenvalue weighted by Gasteiger charge is -2.15. The van der Waals surface area contributed by atoms with Crippen LogP contribution in [0.3, 0.4) is 0 Å². The van der Waals surface area contributed by atoms with E-state index < -0.39 is 0 Å². The maximum atomic E-state index is 10.7. The Bertz CT molecular complexity index is 265. The largest absolute Gasteiger partial charge is 0.464 e. The van der Waals surface area contributed by atoms with Gasteiger partial charge < -0.3 is 9.21 Å². The van der Waals surface area contributed by atoms with E-state index in [2.05, 4.69) is 0 Å². The molecule has 0 aliphatic heterocycles. The van der Waals surface area contributed by atoms with E-state index in [1.54, 1.807) is 0 Å². The van der Waals surface area contributed by atoms with Crippen molar-refractivity contribution in [3.8, 4) is 0 Å². The fourth-order valence-corrected chi connectivity index (χ4v) is 1.06. The Kier molecular flexibility index (Phi) is 2.65. The number of carbonyl (C=O) groups is 1. The third-order valence-electron chi connectivity index (χ3n) is 1.74. The highest BCUT2D eigenvalue weighted by Gasteiger charge is 2.15. The van der Waals surface area contributed by atoms with Crippen LogP contribution in [0, 0.1) is 6.92 Å². The second-order valence-electron chi connectivity index (χ2n) is 2.99. The lowest BCUT2D eigenvalue weighted by molar-refractivity contribution is -0.112. The molecule has 1 aromatic heterocycles. The molecule has 0 aliphatic rings. The normalized spacial score (nSPS) is 13.3. The van der Waals surface area contributed by atoms with Gasteiger partial charge in [-0.3, -0.25) is 4.90 Å². The molecule has 1 heterocycles. The molecule has 1 atom stereocenters. The molecule has 0 bridgehead atoms. The van der Waals surface area contributed by atoms with Gasteiger partial charge in [-0.15, -0.1) is 0 Å². The molecular weight excluding hydrogens is 154 g/mol. The number of hydrogen-bond donors (Lipinski definition) is 0. The van der Waals surface area contributed by atoms with Crippen LogP contribution < -0.4 is 0 Å². The van der Waals surface area contributed by atoms with Crippen molar-refractivity contribution in [1.29, 1.82) is 0 Å². The van der Waals surface area contributed by atoms with Crippen LogP contribution in [0.4, 0.5) is 0 Å². The van der Waals surface area contributed by atoms with Gasteiger partial charge in [0.15, 0.2) is 0 Å². The van der Waals surface area contributed by atoms with E-state index in [9.17, 15) is 4.79 Å². The smallest absolute Gasteiger partial charge is 0.144 e. The Labute approximate surface area is 72.0 Å². The topological polar surface area (TPSA) is 33.5 Å². The molecule has 0 spiro atoms. The summed E-state index contributed by atoms with van der Waals surface area (Å²) in [5.74, 6) is 1.53. The number of aryl methyl sites for hydroxylation is 1. The van der Waals surface area contributed by atoms with E-state index >= 15 is 0 Å². The highest BCUT2D eigenvalue weighted by Crippen LogP contribution is 2.17. The van der Waals surface area contributed by atoms with Gasteiger partial charge in [0.2, 0.25) is 0 Å². The second kappa shape index (κ2) is 3.54. The molecule has 0 amide bonds. The first-order valence-electron chi connectivity index (χ1n) is 3.83. The molecule has 0 N–H and O–H groups in total. The summed E-state index contributed by atoms with van der Waals surface area (Å²) in [6.45, 7) is 1.86. The van der Waals surface area contributed by atoms with Crippen LogP contribution in [-0.4, -0.2) is 25.3 Å². The molecule has 0 saturated heterocycles. The zero-order valence-electron chi connectivity index (χ0n) is 7.57. The summed E-state index contributed by atoms with van der Waals surface area (Å²) in [5, 5.41) is 0. The quantitative estimate of drug-likeness (QED) is 0.638. The van der Waals surface area contributed by atoms with Crippen molar-refractivity contribution in [2.45, 2.75) is 13.0 Å². The minimum absolute atomic E-state index is 0.265. The van der Waals surface area contributed by atoms with E-state index in [1.165, 1.54) is 0 Å². The van der Waals surface area contributed by atoms with Crippen molar-refractivity contribution >= 4 is 6.29 Å². The number of aldehydes is 1. The zero-order chi connectivity index (χ0) is 9.14. The standard InChI is InChI=1S/C9H13NO2/c1-7-4-5-9(12-7)8(6-11)10(2)3/h4-6,8H,1-3H3. The first-order valence-corrected chi connectivity index (χ1v) is 3.83. The summed E-state index contributed by atoms with van der Waals surface area (Å²) < 4.78 is 5.32. The van der Waals surface area contributed by atoms with Crippen molar-refractivity contribution in [3.63, 3.8) is 0 Å². The van der Waals surface area contributed by atoms with Crippen molar-refractivity contribution in [3.05, 3.63) is 23.7 Å². The molecule has 3 nitrogen and oxygen atoms in total. The van der Waals surface area contributed by atoms with Gasteiger partial charge in [-0.1, -0.05) is 0 Å². The molecule has 66 valence electrons. The van der Waals surface area contributed by atoms with E-state index in [1.807, 2.05) is 38.1 Å². The first-order chi connectivity index (χ1) is 5.65. The maximum absolute atomic E-state index is 10.7. The van der Waals surface area contributed by atoms with E-state index in [4.69, 9.17) is 4.42 Å². The highest BCUT2D eigenvalue weighted by atomic mass is 16.3. The molecule has 0 radical (unpaired) electrons. The first kappa shape index (κ1) is 9.00. The van der Waals surface area contributed by atoms with Gasteiger partial charge in [0.25, 0.3) is 0 Å². The van der Waals surface area contributed by atoms with Crippen LogP contribution in [0.25, 0.3) is 0 Å². The summed E-state index contributed by atoms with van der Waals surface area (Å²) >= 11 is 0. The zero-order valence-corrected chi connectivity index (χ0v) is 7.57. The van der Waals surface area contributed by atoms with Gasteiger partial charge in [0.1, 0.15) is 23.8 Å². The fraction of sp³-hybridized carbons (Fsp3) is 0.444. The SMILES string of the molecule is Cc1ccc(C(C=O)N(C)C)o1. The van der Waals surface area contributed by atoms with E-state index in [0.29, 0.717) is 5.76 Å². The minimum Gasteiger partial charge on any atom is -0.464 e. The molecule has 1 aromatic rings. The van der Waals surface area contributed by atoms with Crippen molar-refractivity contribution in [1.82, 2.24) is 4.90 Å². The summed E-state index contributed by atoms with van der Waals surface area (Å²) in [4.78, 5) is 12.5.